The molecular formula is C12H13N3O4. The summed E-state index contributed by atoms with van der Waals surface area (Å²) in [4.78, 5) is 25.6. The first kappa shape index (κ1) is 12.9. The monoisotopic (exact) mass is 263 g/mol. The van der Waals surface area contributed by atoms with Crippen molar-refractivity contribution in [3.8, 4) is 11.4 Å². The van der Waals surface area contributed by atoms with Crippen LogP contribution < -0.4 is 10.4 Å². The molecule has 0 aliphatic rings. The van der Waals surface area contributed by atoms with Crippen molar-refractivity contribution in [3.63, 3.8) is 0 Å². The lowest BCUT2D eigenvalue weighted by molar-refractivity contribution is 0.0512. The summed E-state index contributed by atoms with van der Waals surface area (Å²) in [5.41, 5.74) is -0.0209. The molecule has 1 aromatic heterocycles. The Morgan fingerprint density at radius 1 is 1.47 bits per heavy atom. The maximum atomic E-state index is 11.7. The predicted octanol–water partition coefficient (Wildman–Crippen LogP) is 0.746. The highest BCUT2D eigenvalue weighted by molar-refractivity contribution is 5.84. The van der Waals surface area contributed by atoms with E-state index in [4.69, 9.17) is 9.47 Å². The Bertz CT molecular complexity index is 644. The number of esters is 1. The van der Waals surface area contributed by atoms with Gasteiger partial charge in [0, 0.05) is 6.07 Å². The molecule has 1 heterocycles. The number of benzene rings is 1. The molecule has 0 aliphatic heterocycles. The zero-order valence-electron chi connectivity index (χ0n) is 10.5. The smallest absolute Gasteiger partial charge is 0.376 e. The quantitative estimate of drug-likeness (QED) is 0.822. The lowest BCUT2D eigenvalue weighted by Gasteiger charge is -2.02. The Morgan fingerprint density at radius 2 is 2.26 bits per heavy atom. The van der Waals surface area contributed by atoms with Gasteiger partial charge in [0.15, 0.2) is 0 Å². The Morgan fingerprint density at radius 3 is 2.95 bits per heavy atom. The van der Waals surface area contributed by atoms with Crippen molar-refractivity contribution in [2.75, 3.05) is 13.7 Å². The molecule has 0 fully saturated rings. The van der Waals surface area contributed by atoms with Crippen molar-refractivity contribution in [2.45, 2.75) is 6.92 Å². The number of ether oxygens (including phenoxy) is 2. The van der Waals surface area contributed by atoms with Gasteiger partial charge in [0.2, 0.25) is 5.82 Å². The van der Waals surface area contributed by atoms with Crippen LogP contribution in [0.1, 0.15) is 17.5 Å². The van der Waals surface area contributed by atoms with Crippen LogP contribution in [0.4, 0.5) is 0 Å². The first-order chi connectivity index (χ1) is 9.15. The largest absolute Gasteiger partial charge is 0.497 e. The zero-order chi connectivity index (χ0) is 13.8. The number of aromatic amines is 1. The maximum absolute atomic E-state index is 11.7. The van der Waals surface area contributed by atoms with Gasteiger partial charge in [-0.2, -0.15) is 4.68 Å². The van der Waals surface area contributed by atoms with Crippen LogP contribution in [-0.2, 0) is 4.74 Å². The molecule has 0 bridgehead atoms. The van der Waals surface area contributed by atoms with Crippen LogP contribution in [-0.4, -0.2) is 34.5 Å². The number of hydrogen-bond donors (Lipinski definition) is 1. The highest BCUT2D eigenvalue weighted by Crippen LogP contribution is 2.14. The van der Waals surface area contributed by atoms with E-state index in [9.17, 15) is 9.59 Å². The fraction of sp³-hybridized carbons (Fsp3) is 0.250. The SMILES string of the molecule is CCOC(=O)c1nn(-c2cccc(OC)c2)c(=O)[nH]1. The van der Waals surface area contributed by atoms with Gasteiger partial charge >= 0.3 is 11.7 Å². The highest BCUT2D eigenvalue weighted by Gasteiger charge is 2.15. The average Bonchev–Trinajstić information content (AvgIpc) is 2.81. The van der Waals surface area contributed by atoms with E-state index in [0.29, 0.717) is 11.4 Å². The molecule has 0 spiro atoms. The van der Waals surface area contributed by atoms with Gasteiger partial charge in [-0.25, -0.2) is 9.59 Å². The van der Waals surface area contributed by atoms with Crippen molar-refractivity contribution in [2.24, 2.45) is 0 Å². The van der Waals surface area contributed by atoms with Crippen LogP contribution in [0.3, 0.4) is 0 Å². The number of carbonyl (C=O) groups excluding carboxylic acids is 1. The molecule has 19 heavy (non-hydrogen) atoms. The fourth-order valence-corrected chi connectivity index (χ4v) is 1.53. The molecule has 1 N–H and O–H groups in total. The summed E-state index contributed by atoms with van der Waals surface area (Å²) in [6.45, 7) is 1.89. The van der Waals surface area contributed by atoms with Gasteiger partial charge in [-0.1, -0.05) is 6.07 Å². The van der Waals surface area contributed by atoms with E-state index in [1.165, 1.54) is 7.11 Å². The molecule has 0 atom stereocenters. The molecule has 0 saturated carbocycles. The van der Waals surface area contributed by atoms with Crippen LogP contribution in [0, 0.1) is 0 Å². The Labute approximate surface area is 108 Å². The van der Waals surface area contributed by atoms with Crippen LogP contribution in [0.2, 0.25) is 0 Å². The third-order valence-electron chi connectivity index (χ3n) is 2.38. The summed E-state index contributed by atoms with van der Waals surface area (Å²) in [6.07, 6.45) is 0. The normalized spacial score (nSPS) is 10.2. The van der Waals surface area contributed by atoms with Crippen molar-refractivity contribution in [1.29, 1.82) is 0 Å². The Hall–Kier alpha value is -2.57. The van der Waals surface area contributed by atoms with E-state index >= 15 is 0 Å². The minimum atomic E-state index is -0.666. The number of H-pyrrole nitrogens is 1. The summed E-state index contributed by atoms with van der Waals surface area (Å²) in [6, 6.07) is 6.78. The van der Waals surface area contributed by atoms with Crippen LogP contribution in [0.5, 0.6) is 5.75 Å². The van der Waals surface area contributed by atoms with Crippen molar-refractivity contribution in [1.82, 2.24) is 14.8 Å². The first-order valence-corrected chi connectivity index (χ1v) is 5.66. The second kappa shape index (κ2) is 5.38. The number of hydrogen-bond acceptors (Lipinski definition) is 5. The summed E-state index contributed by atoms with van der Waals surface area (Å²) in [5, 5.41) is 3.89. The predicted molar refractivity (Wildman–Crippen MR) is 66.7 cm³/mol. The third-order valence-corrected chi connectivity index (χ3v) is 2.38. The number of nitrogens with one attached hydrogen (secondary N) is 1. The molecule has 2 rings (SSSR count). The van der Waals surface area contributed by atoms with Gasteiger partial charge in [-0.15, -0.1) is 5.10 Å². The topological polar surface area (TPSA) is 86.2 Å². The summed E-state index contributed by atoms with van der Waals surface area (Å²) < 4.78 is 10.9. The van der Waals surface area contributed by atoms with Crippen molar-refractivity contribution in [3.05, 3.63) is 40.6 Å². The van der Waals surface area contributed by atoms with Crippen LogP contribution in [0.15, 0.2) is 29.1 Å². The van der Waals surface area contributed by atoms with Crippen LogP contribution >= 0.6 is 0 Å². The number of aromatic nitrogens is 3. The first-order valence-electron chi connectivity index (χ1n) is 5.66. The Kier molecular flexibility index (Phi) is 3.65. The number of carbonyl (C=O) groups is 1. The molecule has 0 radical (unpaired) electrons. The summed E-state index contributed by atoms with van der Waals surface area (Å²) in [7, 11) is 1.52. The van der Waals surface area contributed by atoms with E-state index in [-0.39, 0.29) is 12.4 Å². The molecule has 1 aromatic carbocycles. The molecule has 7 nitrogen and oxygen atoms in total. The molecular weight excluding hydrogens is 250 g/mol. The standard InChI is InChI=1S/C12H13N3O4/c1-3-19-11(16)10-13-12(17)15(14-10)8-5-4-6-9(7-8)18-2/h4-7H,3H2,1-2H3,(H,13,14,17). The summed E-state index contributed by atoms with van der Waals surface area (Å²) >= 11 is 0. The molecule has 2 aromatic rings. The van der Waals surface area contributed by atoms with Gasteiger partial charge in [0.1, 0.15) is 5.75 Å². The lowest BCUT2D eigenvalue weighted by Crippen LogP contribution is -2.15. The molecule has 0 saturated heterocycles. The molecule has 0 aliphatic carbocycles. The molecule has 0 unspecified atom stereocenters. The maximum Gasteiger partial charge on any atom is 0.376 e. The molecule has 0 amide bonds. The number of rotatable bonds is 4. The van der Waals surface area contributed by atoms with Crippen molar-refractivity contribution < 1.29 is 14.3 Å². The fourth-order valence-electron chi connectivity index (χ4n) is 1.53. The highest BCUT2D eigenvalue weighted by atomic mass is 16.5. The minimum Gasteiger partial charge on any atom is -0.497 e. The van der Waals surface area contributed by atoms with Gasteiger partial charge in [-0.3, -0.25) is 4.98 Å². The number of nitrogens with zero attached hydrogens (tertiary/aromatic N) is 2. The lowest BCUT2D eigenvalue weighted by atomic mass is 10.3. The van der Waals surface area contributed by atoms with Crippen molar-refractivity contribution >= 4 is 5.97 Å². The second-order valence-electron chi connectivity index (χ2n) is 3.61. The van der Waals surface area contributed by atoms with Gasteiger partial charge in [-0.05, 0) is 19.1 Å². The molecule has 7 heteroatoms. The average molecular weight is 263 g/mol. The van der Waals surface area contributed by atoms with Gasteiger partial charge in [0.05, 0.1) is 19.4 Å². The van der Waals surface area contributed by atoms with E-state index in [1.54, 1.807) is 31.2 Å². The summed E-state index contributed by atoms with van der Waals surface area (Å²) in [5.74, 6) is -0.207. The number of methoxy groups -OCH3 is 1. The molecule has 100 valence electrons. The van der Waals surface area contributed by atoms with E-state index in [1.807, 2.05) is 0 Å². The minimum absolute atomic E-state index is 0.130. The van der Waals surface area contributed by atoms with Gasteiger partial charge in [0.25, 0.3) is 0 Å². The second-order valence-corrected chi connectivity index (χ2v) is 3.61. The van der Waals surface area contributed by atoms with E-state index in [0.717, 1.165) is 4.68 Å². The van der Waals surface area contributed by atoms with E-state index < -0.39 is 11.7 Å². The van der Waals surface area contributed by atoms with E-state index in [2.05, 4.69) is 10.1 Å². The third kappa shape index (κ3) is 2.65. The van der Waals surface area contributed by atoms with Crippen LogP contribution in [0.25, 0.3) is 5.69 Å². The van der Waals surface area contributed by atoms with Gasteiger partial charge < -0.3 is 9.47 Å². The Balaban J connectivity index is 2.40. The zero-order valence-corrected chi connectivity index (χ0v) is 10.5.